The highest BCUT2D eigenvalue weighted by atomic mass is 35.5. The maximum Gasteiger partial charge on any atom is 0.419 e. The largest absolute Gasteiger partial charge is 0.419 e. The summed E-state index contributed by atoms with van der Waals surface area (Å²) < 4.78 is 50.0. The zero-order valence-corrected chi connectivity index (χ0v) is 10.2. The van der Waals surface area contributed by atoms with Gasteiger partial charge in [0.1, 0.15) is 5.82 Å². The molecule has 0 aliphatic carbocycles. The van der Waals surface area contributed by atoms with E-state index in [1.165, 1.54) is 0 Å². The van der Waals surface area contributed by atoms with E-state index < -0.39 is 23.6 Å². The third kappa shape index (κ3) is 4.44. The molecule has 1 aromatic rings. The van der Waals surface area contributed by atoms with Gasteiger partial charge in [0.2, 0.25) is 0 Å². The van der Waals surface area contributed by atoms with Gasteiger partial charge in [0.15, 0.2) is 0 Å². The van der Waals surface area contributed by atoms with E-state index in [9.17, 15) is 17.6 Å². The minimum absolute atomic E-state index is 0. The van der Waals surface area contributed by atoms with Crippen molar-refractivity contribution in [3.63, 3.8) is 0 Å². The van der Waals surface area contributed by atoms with Crippen molar-refractivity contribution in [2.24, 2.45) is 5.73 Å². The van der Waals surface area contributed by atoms with E-state index in [0.29, 0.717) is 24.5 Å². The fraction of sp³-hybridized carbons (Fsp3) is 0.455. The lowest BCUT2D eigenvalue weighted by molar-refractivity contribution is -0.140. The Morgan fingerprint density at radius 3 is 2.33 bits per heavy atom. The standard InChI is InChI=1S/C11H13F4NO.ClH/c12-9-6-7(10(16)2-1-5-17)3-4-8(9)11(13,14)15;/h3-4,6,10,17H,1-2,5,16H2;1H/t10-;/m0./s1. The van der Waals surface area contributed by atoms with Gasteiger partial charge in [-0.2, -0.15) is 13.2 Å². The molecular weight excluding hydrogens is 274 g/mol. The number of alkyl halides is 3. The first-order valence-electron chi connectivity index (χ1n) is 5.09. The van der Waals surface area contributed by atoms with Gasteiger partial charge in [-0.15, -0.1) is 12.4 Å². The Bertz CT molecular complexity index is 384. The van der Waals surface area contributed by atoms with Crippen molar-refractivity contribution in [2.45, 2.75) is 25.1 Å². The van der Waals surface area contributed by atoms with E-state index >= 15 is 0 Å². The van der Waals surface area contributed by atoms with Crippen LogP contribution in [-0.4, -0.2) is 11.7 Å². The Morgan fingerprint density at radius 1 is 1.28 bits per heavy atom. The highest BCUT2D eigenvalue weighted by Crippen LogP contribution is 2.32. The lowest BCUT2D eigenvalue weighted by atomic mass is 10.0. The summed E-state index contributed by atoms with van der Waals surface area (Å²) in [7, 11) is 0. The van der Waals surface area contributed by atoms with Crippen LogP contribution in [0.25, 0.3) is 0 Å². The summed E-state index contributed by atoms with van der Waals surface area (Å²) in [6, 6.07) is 2.07. The van der Waals surface area contributed by atoms with Gasteiger partial charge < -0.3 is 10.8 Å². The van der Waals surface area contributed by atoms with Gasteiger partial charge in [-0.1, -0.05) is 6.07 Å². The molecule has 0 saturated carbocycles. The highest BCUT2D eigenvalue weighted by Gasteiger charge is 2.34. The molecular formula is C11H14ClF4NO. The van der Waals surface area contributed by atoms with Crippen LogP contribution in [0.5, 0.6) is 0 Å². The number of aliphatic hydroxyl groups is 1. The molecule has 1 rings (SSSR count). The molecule has 0 aromatic heterocycles. The van der Waals surface area contributed by atoms with Gasteiger partial charge >= 0.3 is 6.18 Å². The van der Waals surface area contributed by atoms with Crippen molar-refractivity contribution in [1.29, 1.82) is 0 Å². The molecule has 2 nitrogen and oxygen atoms in total. The molecule has 0 unspecified atom stereocenters. The Labute approximate surface area is 108 Å². The van der Waals surface area contributed by atoms with Crippen LogP contribution in [0.1, 0.15) is 30.0 Å². The van der Waals surface area contributed by atoms with Crippen molar-refractivity contribution < 1.29 is 22.7 Å². The second-order valence-electron chi connectivity index (χ2n) is 3.71. The molecule has 3 N–H and O–H groups in total. The Morgan fingerprint density at radius 2 is 1.89 bits per heavy atom. The molecule has 0 fully saturated rings. The molecule has 0 aliphatic heterocycles. The average Bonchev–Trinajstić information content (AvgIpc) is 2.23. The summed E-state index contributed by atoms with van der Waals surface area (Å²) in [4.78, 5) is 0. The Hall–Kier alpha value is -0.850. The fourth-order valence-corrected chi connectivity index (χ4v) is 1.47. The highest BCUT2D eigenvalue weighted by molar-refractivity contribution is 5.85. The molecule has 0 heterocycles. The zero-order chi connectivity index (χ0) is 13.1. The molecule has 0 amide bonds. The van der Waals surface area contributed by atoms with Crippen LogP contribution in [0.2, 0.25) is 0 Å². The van der Waals surface area contributed by atoms with Crippen LogP contribution in [0.3, 0.4) is 0 Å². The number of aliphatic hydroxyl groups excluding tert-OH is 1. The van der Waals surface area contributed by atoms with E-state index in [1.807, 2.05) is 0 Å². The molecule has 1 aromatic carbocycles. The monoisotopic (exact) mass is 287 g/mol. The van der Waals surface area contributed by atoms with E-state index in [1.54, 1.807) is 0 Å². The van der Waals surface area contributed by atoms with Crippen LogP contribution < -0.4 is 5.73 Å². The van der Waals surface area contributed by atoms with Crippen molar-refractivity contribution in [1.82, 2.24) is 0 Å². The lowest BCUT2D eigenvalue weighted by Gasteiger charge is -2.14. The number of benzene rings is 1. The van der Waals surface area contributed by atoms with Gasteiger partial charge in [0, 0.05) is 12.6 Å². The van der Waals surface area contributed by atoms with Gasteiger partial charge in [-0.3, -0.25) is 0 Å². The number of halogens is 5. The molecule has 0 aliphatic rings. The summed E-state index contributed by atoms with van der Waals surface area (Å²) in [5.41, 5.74) is 4.65. The normalized spacial score (nSPS) is 13.0. The number of hydrogen-bond acceptors (Lipinski definition) is 2. The average molecular weight is 288 g/mol. The minimum Gasteiger partial charge on any atom is -0.396 e. The predicted octanol–water partition coefficient (Wildman–Crippen LogP) is 3.04. The molecule has 0 radical (unpaired) electrons. The summed E-state index contributed by atoms with van der Waals surface area (Å²) >= 11 is 0. The third-order valence-electron chi connectivity index (χ3n) is 2.40. The molecule has 1 atom stereocenters. The summed E-state index contributed by atoms with van der Waals surface area (Å²) in [6.45, 7) is -0.0587. The van der Waals surface area contributed by atoms with Gasteiger partial charge in [-0.05, 0) is 30.5 Å². The second kappa shape index (κ2) is 6.92. The van der Waals surface area contributed by atoms with Crippen LogP contribution in [0.4, 0.5) is 17.6 Å². The molecule has 0 spiro atoms. The summed E-state index contributed by atoms with van der Waals surface area (Å²) in [6.07, 6.45) is -3.89. The topological polar surface area (TPSA) is 46.2 Å². The molecule has 104 valence electrons. The van der Waals surface area contributed by atoms with Gasteiger partial charge in [0.25, 0.3) is 0 Å². The van der Waals surface area contributed by atoms with Gasteiger partial charge in [0.05, 0.1) is 5.56 Å². The van der Waals surface area contributed by atoms with Gasteiger partial charge in [-0.25, -0.2) is 4.39 Å². The van der Waals surface area contributed by atoms with E-state index in [4.69, 9.17) is 10.8 Å². The first kappa shape index (κ1) is 17.2. The third-order valence-corrected chi connectivity index (χ3v) is 2.40. The zero-order valence-electron chi connectivity index (χ0n) is 9.38. The first-order chi connectivity index (χ1) is 7.86. The van der Waals surface area contributed by atoms with E-state index in [0.717, 1.165) is 12.1 Å². The molecule has 7 heteroatoms. The summed E-state index contributed by atoms with van der Waals surface area (Å²) in [5, 5.41) is 8.59. The Balaban J connectivity index is 0.00000289. The van der Waals surface area contributed by atoms with Crippen molar-refractivity contribution in [3.05, 3.63) is 35.1 Å². The fourth-order valence-electron chi connectivity index (χ4n) is 1.47. The summed E-state index contributed by atoms with van der Waals surface area (Å²) in [5.74, 6) is -1.32. The van der Waals surface area contributed by atoms with E-state index in [2.05, 4.69) is 0 Å². The number of rotatable bonds is 4. The van der Waals surface area contributed by atoms with Crippen molar-refractivity contribution in [3.8, 4) is 0 Å². The van der Waals surface area contributed by atoms with E-state index in [-0.39, 0.29) is 19.0 Å². The van der Waals surface area contributed by atoms with Crippen molar-refractivity contribution in [2.75, 3.05) is 6.61 Å². The van der Waals surface area contributed by atoms with Crippen LogP contribution in [0, 0.1) is 5.82 Å². The second-order valence-corrected chi connectivity index (χ2v) is 3.71. The van der Waals surface area contributed by atoms with Crippen LogP contribution in [0.15, 0.2) is 18.2 Å². The molecule has 0 bridgehead atoms. The smallest absolute Gasteiger partial charge is 0.396 e. The maximum atomic E-state index is 13.2. The van der Waals surface area contributed by atoms with Crippen LogP contribution >= 0.6 is 12.4 Å². The lowest BCUT2D eigenvalue weighted by Crippen LogP contribution is -2.13. The Kier molecular flexibility index (Phi) is 6.59. The molecule has 18 heavy (non-hydrogen) atoms. The SMILES string of the molecule is Cl.N[C@@H](CCCO)c1ccc(C(F)(F)F)c(F)c1. The molecule has 0 saturated heterocycles. The quantitative estimate of drug-likeness (QED) is 0.836. The minimum atomic E-state index is -4.70. The number of hydrogen-bond donors (Lipinski definition) is 2. The number of nitrogens with two attached hydrogens (primary N) is 1. The first-order valence-corrected chi connectivity index (χ1v) is 5.09. The van der Waals surface area contributed by atoms with Crippen LogP contribution in [-0.2, 0) is 6.18 Å². The predicted molar refractivity (Wildman–Crippen MR) is 61.9 cm³/mol. The van der Waals surface area contributed by atoms with Crippen molar-refractivity contribution >= 4 is 12.4 Å². The maximum absolute atomic E-state index is 13.2.